The summed E-state index contributed by atoms with van der Waals surface area (Å²) in [6.07, 6.45) is 0. The van der Waals surface area contributed by atoms with E-state index in [0.717, 1.165) is 5.56 Å². The van der Waals surface area contributed by atoms with Crippen molar-refractivity contribution in [2.24, 2.45) is 0 Å². The van der Waals surface area contributed by atoms with Gasteiger partial charge in [-0.1, -0.05) is 18.2 Å². The van der Waals surface area contributed by atoms with E-state index in [4.69, 9.17) is 4.42 Å². The molecule has 2 aliphatic rings. The summed E-state index contributed by atoms with van der Waals surface area (Å²) in [7, 11) is 0. The third-order valence-electron chi connectivity index (χ3n) is 2.53. The highest BCUT2D eigenvalue weighted by Gasteiger charge is 2.17. The zero-order valence-electron chi connectivity index (χ0n) is 7.46. The molecule has 1 aliphatic carbocycles. The molecule has 0 saturated carbocycles. The van der Waals surface area contributed by atoms with Crippen LogP contribution in [0.25, 0.3) is 10.8 Å². The average Bonchev–Trinajstić information content (AvgIpc) is 2.93. The van der Waals surface area contributed by atoms with Crippen LogP contribution in [0.3, 0.4) is 0 Å². The summed E-state index contributed by atoms with van der Waals surface area (Å²) in [6, 6.07) is 5.25. The van der Waals surface area contributed by atoms with Gasteiger partial charge in [0.15, 0.2) is 0 Å². The van der Waals surface area contributed by atoms with Gasteiger partial charge in [-0.15, -0.1) is 0 Å². The van der Waals surface area contributed by atoms with Crippen molar-refractivity contribution in [2.45, 2.75) is 6.92 Å². The Labute approximate surface area is 77.9 Å². The minimum atomic E-state index is -0.168. The van der Waals surface area contributed by atoms with E-state index in [1.54, 1.807) is 12.1 Å². The molecule has 0 saturated heterocycles. The van der Waals surface area contributed by atoms with E-state index < -0.39 is 0 Å². The number of hydrogen-bond donors (Lipinski definition) is 0. The molecule has 1 aliphatic heterocycles. The van der Waals surface area contributed by atoms with Crippen LogP contribution in [-0.4, -0.2) is 0 Å². The summed E-state index contributed by atoms with van der Waals surface area (Å²) in [5, 5.41) is 0.958. The van der Waals surface area contributed by atoms with Gasteiger partial charge in [0, 0.05) is 10.8 Å². The molecule has 0 spiro atoms. The predicted octanol–water partition coefficient (Wildman–Crippen LogP) is 1.06. The molecule has 0 unspecified atom stereocenters. The first-order valence-corrected chi connectivity index (χ1v) is 4.31. The number of benzene rings is 1. The molecule has 0 radical (unpaired) electrons. The van der Waals surface area contributed by atoms with Crippen LogP contribution in [0.1, 0.15) is 5.56 Å². The summed E-state index contributed by atoms with van der Waals surface area (Å²) in [5.41, 5.74) is 0.957. The van der Waals surface area contributed by atoms with E-state index >= 15 is 0 Å². The van der Waals surface area contributed by atoms with Crippen LogP contribution >= 0.6 is 0 Å². The fourth-order valence-electron chi connectivity index (χ4n) is 1.77. The molecule has 3 nitrogen and oxygen atoms in total. The van der Waals surface area contributed by atoms with Gasteiger partial charge in [0.05, 0.1) is 0 Å². The van der Waals surface area contributed by atoms with Gasteiger partial charge in [-0.3, -0.25) is 9.59 Å². The van der Waals surface area contributed by atoms with Crippen LogP contribution in [0.5, 0.6) is 0 Å². The monoisotopic (exact) mass is 186 g/mol. The fraction of sp³-hybridized carbons (Fsp3) is 0.0909. The van der Waals surface area contributed by atoms with Gasteiger partial charge in [-0.25, -0.2) is 0 Å². The summed E-state index contributed by atoms with van der Waals surface area (Å²) in [4.78, 5) is 23.3. The highest BCUT2D eigenvalue weighted by Crippen LogP contribution is 2.13. The van der Waals surface area contributed by atoms with Crippen LogP contribution in [0, 0.1) is 17.8 Å². The Morgan fingerprint density at radius 3 is 2.57 bits per heavy atom. The third kappa shape index (κ3) is 0.719. The fourth-order valence-corrected chi connectivity index (χ4v) is 1.77. The Hall–Kier alpha value is -1.90. The van der Waals surface area contributed by atoms with Crippen molar-refractivity contribution in [1.29, 1.82) is 0 Å². The molecule has 0 atom stereocenters. The van der Waals surface area contributed by atoms with Gasteiger partial charge in [0.2, 0.25) is 21.7 Å². The topological polar surface area (TPSA) is 47.3 Å². The van der Waals surface area contributed by atoms with Gasteiger partial charge < -0.3 is 4.42 Å². The lowest BCUT2D eigenvalue weighted by atomic mass is 10.1. The van der Waals surface area contributed by atoms with Gasteiger partial charge >= 0.3 is 0 Å². The SMILES string of the molecule is Cc1cccc2c(=O)c3oc=3c(=O)c12. The van der Waals surface area contributed by atoms with Crippen molar-refractivity contribution in [3.63, 3.8) is 0 Å². The van der Waals surface area contributed by atoms with Crippen molar-refractivity contribution in [3.8, 4) is 0 Å². The van der Waals surface area contributed by atoms with Crippen molar-refractivity contribution < 1.29 is 4.42 Å². The lowest BCUT2D eigenvalue weighted by Crippen LogP contribution is -2.09. The maximum absolute atomic E-state index is 11.7. The van der Waals surface area contributed by atoms with Crippen LogP contribution < -0.4 is 10.9 Å². The van der Waals surface area contributed by atoms with Crippen molar-refractivity contribution in [3.05, 3.63) is 55.0 Å². The molecule has 0 aromatic heterocycles. The zero-order valence-corrected chi connectivity index (χ0v) is 7.46. The van der Waals surface area contributed by atoms with Gasteiger partial charge in [0.1, 0.15) is 0 Å². The van der Waals surface area contributed by atoms with Crippen molar-refractivity contribution in [1.82, 2.24) is 0 Å². The van der Waals surface area contributed by atoms with Crippen LogP contribution in [0.4, 0.5) is 0 Å². The molecule has 0 amide bonds. The van der Waals surface area contributed by atoms with Crippen LogP contribution in [0.15, 0.2) is 32.2 Å². The summed E-state index contributed by atoms with van der Waals surface area (Å²) >= 11 is 0. The zero-order chi connectivity index (χ0) is 9.87. The quantitative estimate of drug-likeness (QED) is 0.527. The van der Waals surface area contributed by atoms with E-state index in [9.17, 15) is 9.59 Å². The Morgan fingerprint density at radius 2 is 1.79 bits per heavy atom. The van der Waals surface area contributed by atoms with E-state index in [-0.39, 0.29) is 21.7 Å². The van der Waals surface area contributed by atoms with E-state index in [0.29, 0.717) is 10.8 Å². The molecule has 0 N–H and O–H groups in total. The molecule has 1 heterocycles. The normalized spacial score (nSPS) is 11.8. The molecule has 0 bridgehead atoms. The number of aryl methyl sites for hydroxylation is 1. The first-order chi connectivity index (χ1) is 6.70. The van der Waals surface area contributed by atoms with Gasteiger partial charge in [0.25, 0.3) is 0 Å². The second-order valence-electron chi connectivity index (χ2n) is 3.42. The van der Waals surface area contributed by atoms with Crippen molar-refractivity contribution >= 4 is 10.8 Å². The Balaban J connectivity index is 2.85. The highest BCUT2D eigenvalue weighted by molar-refractivity contribution is 5.85. The highest BCUT2D eigenvalue weighted by atomic mass is 16.4. The summed E-state index contributed by atoms with van der Waals surface area (Å²) < 4.78 is 4.87. The standard InChI is InChI=1S/C11H6O3/c1-5-3-2-4-6-7(5)9(13)11-10(14-11)8(6)12/h2-4H,1H3. The molecule has 1 aromatic carbocycles. The molecule has 3 rings (SSSR count). The second-order valence-corrected chi connectivity index (χ2v) is 3.42. The smallest absolute Gasteiger partial charge is 0.233 e. The van der Waals surface area contributed by atoms with Crippen molar-refractivity contribution in [2.75, 3.05) is 0 Å². The predicted molar refractivity (Wildman–Crippen MR) is 51.2 cm³/mol. The molecule has 68 valence electrons. The number of fused-ring (bicyclic) bond motifs is 1. The Morgan fingerprint density at radius 1 is 1.07 bits per heavy atom. The lowest BCUT2D eigenvalue weighted by Gasteiger charge is -1.94. The largest absolute Gasteiger partial charge is 0.441 e. The van der Waals surface area contributed by atoms with Gasteiger partial charge in [-0.05, 0) is 12.5 Å². The van der Waals surface area contributed by atoms with Crippen LogP contribution in [-0.2, 0) is 0 Å². The molecule has 3 heteroatoms. The molecule has 1 aromatic rings. The molecule has 14 heavy (non-hydrogen) atoms. The summed E-state index contributed by atoms with van der Waals surface area (Å²) in [5.74, 6) is 0. The van der Waals surface area contributed by atoms with Crippen LogP contribution in [0.2, 0.25) is 0 Å². The first kappa shape index (κ1) is 7.50. The lowest BCUT2D eigenvalue weighted by molar-refractivity contribution is 0.636. The number of rotatable bonds is 0. The Kier molecular flexibility index (Phi) is 1.14. The van der Waals surface area contributed by atoms with E-state index in [2.05, 4.69) is 0 Å². The minimum absolute atomic E-state index is 0.160. The third-order valence-corrected chi connectivity index (χ3v) is 2.53. The average molecular weight is 186 g/mol. The van der Waals surface area contributed by atoms with E-state index in [1.807, 2.05) is 13.0 Å². The first-order valence-electron chi connectivity index (χ1n) is 4.31. The molecular formula is C11H6O3. The number of hydrogen-bond acceptors (Lipinski definition) is 3. The maximum Gasteiger partial charge on any atom is 0.233 e. The Bertz CT molecular complexity index is 769. The van der Waals surface area contributed by atoms with E-state index in [1.165, 1.54) is 0 Å². The summed E-state index contributed by atoms with van der Waals surface area (Å²) in [6.45, 7) is 1.82. The minimum Gasteiger partial charge on any atom is -0.441 e. The van der Waals surface area contributed by atoms with Gasteiger partial charge in [-0.2, -0.15) is 0 Å². The molecule has 0 fully saturated rings. The maximum atomic E-state index is 11.7. The second kappa shape index (κ2) is 2.12. The molecular weight excluding hydrogens is 180 g/mol.